The highest BCUT2D eigenvalue weighted by Crippen LogP contribution is 2.08. The summed E-state index contributed by atoms with van der Waals surface area (Å²) >= 11 is 0. The van der Waals surface area contributed by atoms with Crippen LogP contribution in [0.4, 0.5) is 5.69 Å². The minimum absolute atomic E-state index is 0.115. The van der Waals surface area contributed by atoms with Crippen LogP contribution in [0.2, 0.25) is 0 Å². The Morgan fingerprint density at radius 3 is 2.23 bits per heavy atom. The molecule has 0 atom stereocenters. The van der Waals surface area contributed by atoms with Gasteiger partial charge in [0, 0.05) is 30.9 Å². The van der Waals surface area contributed by atoms with E-state index in [9.17, 15) is 4.79 Å². The van der Waals surface area contributed by atoms with Crippen LogP contribution in [0.1, 0.15) is 30.1 Å². The number of nitrogens with zero attached hydrogens (tertiary/aromatic N) is 1. The highest BCUT2D eigenvalue weighted by atomic mass is 16.2. The molecule has 0 saturated carbocycles. The average molecular weight is 296 g/mol. The van der Waals surface area contributed by atoms with Gasteiger partial charge in [-0.15, -0.1) is 0 Å². The van der Waals surface area contributed by atoms with E-state index in [1.807, 2.05) is 65.6 Å². The third-order valence-electron chi connectivity index (χ3n) is 3.57. The van der Waals surface area contributed by atoms with Gasteiger partial charge in [-0.2, -0.15) is 0 Å². The number of unbranched alkanes of at least 4 members (excludes halogenated alkanes) is 1. The van der Waals surface area contributed by atoms with Crippen LogP contribution in [-0.2, 0) is 0 Å². The number of anilines is 1. The largest absolute Gasteiger partial charge is 0.383 e. The molecule has 3 nitrogen and oxygen atoms in total. The molecule has 0 spiro atoms. The third-order valence-corrected chi connectivity index (χ3v) is 3.57. The number of rotatable bonds is 8. The molecule has 0 heterocycles. The number of hydrogen-bond donors (Lipinski definition) is 1. The molecule has 0 radical (unpaired) electrons. The van der Waals surface area contributed by atoms with Gasteiger partial charge in [-0.1, -0.05) is 49.7 Å². The van der Waals surface area contributed by atoms with Gasteiger partial charge in [0.15, 0.2) is 0 Å². The predicted octanol–water partition coefficient (Wildman–Crippen LogP) is 4.04. The Morgan fingerprint density at radius 1 is 0.955 bits per heavy atom. The molecule has 0 aliphatic rings. The van der Waals surface area contributed by atoms with Gasteiger partial charge in [-0.25, -0.2) is 0 Å². The Labute approximate surface area is 133 Å². The summed E-state index contributed by atoms with van der Waals surface area (Å²) in [6.45, 7) is 4.42. The zero-order valence-corrected chi connectivity index (χ0v) is 13.2. The van der Waals surface area contributed by atoms with Gasteiger partial charge < -0.3 is 10.2 Å². The molecule has 1 amide bonds. The van der Waals surface area contributed by atoms with Crippen molar-refractivity contribution in [1.82, 2.24) is 4.90 Å². The summed E-state index contributed by atoms with van der Waals surface area (Å²) in [4.78, 5) is 14.5. The van der Waals surface area contributed by atoms with Gasteiger partial charge in [-0.05, 0) is 30.7 Å². The second-order valence-corrected chi connectivity index (χ2v) is 5.30. The Balaban J connectivity index is 1.92. The van der Waals surface area contributed by atoms with Crippen molar-refractivity contribution < 1.29 is 4.79 Å². The number of para-hydroxylation sites is 1. The maximum absolute atomic E-state index is 12.6. The molecular weight excluding hydrogens is 272 g/mol. The molecule has 2 aromatic carbocycles. The predicted molar refractivity (Wildman–Crippen MR) is 92.2 cm³/mol. The van der Waals surface area contributed by atoms with E-state index in [4.69, 9.17) is 0 Å². The first-order valence-electron chi connectivity index (χ1n) is 7.94. The van der Waals surface area contributed by atoms with Crippen LogP contribution in [0.5, 0.6) is 0 Å². The van der Waals surface area contributed by atoms with Crippen molar-refractivity contribution in [1.29, 1.82) is 0 Å². The van der Waals surface area contributed by atoms with E-state index in [2.05, 4.69) is 12.2 Å². The first kappa shape index (κ1) is 16.1. The lowest BCUT2D eigenvalue weighted by Gasteiger charge is -2.23. The highest BCUT2D eigenvalue weighted by Gasteiger charge is 2.14. The molecule has 0 aliphatic carbocycles. The Kier molecular flexibility index (Phi) is 6.49. The fourth-order valence-electron chi connectivity index (χ4n) is 2.32. The Bertz CT molecular complexity index is 554. The van der Waals surface area contributed by atoms with Crippen LogP contribution in [0.3, 0.4) is 0 Å². The zero-order valence-electron chi connectivity index (χ0n) is 13.2. The average Bonchev–Trinajstić information content (AvgIpc) is 2.59. The number of carbonyl (C=O) groups is 1. The summed E-state index contributed by atoms with van der Waals surface area (Å²) < 4.78 is 0. The second kappa shape index (κ2) is 8.88. The quantitative estimate of drug-likeness (QED) is 0.797. The van der Waals surface area contributed by atoms with Crippen molar-refractivity contribution in [2.75, 3.05) is 25.0 Å². The maximum Gasteiger partial charge on any atom is 0.253 e. The number of benzene rings is 2. The van der Waals surface area contributed by atoms with Crippen LogP contribution >= 0.6 is 0 Å². The number of carbonyl (C=O) groups excluding carboxylic acids is 1. The van der Waals surface area contributed by atoms with Gasteiger partial charge in [0.25, 0.3) is 5.91 Å². The molecule has 0 aromatic heterocycles. The van der Waals surface area contributed by atoms with E-state index in [1.165, 1.54) is 0 Å². The van der Waals surface area contributed by atoms with Crippen LogP contribution in [0.15, 0.2) is 60.7 Å². The molecular formula is C19H24N2O. The molecule has 0 aliphatic heterocycles. The van der Waals surface area contributed by atoms with E-state index in [-0.39, 0.29) is 5.91 Å². The normalized spacial score (nSPS) is 10.2. The summed E-state index contributed by atoms with van der Waals surface area (Å²) in [7, 11) is 0. The molecule has 2 rings (SSSR count). The van der Waals surface area contributed by atoms with Gasteiger partial charge in [0.05, 0.1) is 0 Å². The molecule has 22 heavy (non-hydrogen) atoms. The highest BCUT2D eigenvalue weighted by molar-refractivity contribution is 5.94. The second-order valence-electron chi connectivity index (χ2n) is 5.30. The Morgan fingerprint density at radius 2 is 1.59 bits per heavy atom. The van der Waals surface area contributed by atoms with Crippen LogP contribution in [-0.4, -0.2) is 30.4 Å². The number of nitrogens with one attached hydrogen (secondary N) is 1. The molecule has 1 N–H and O–H groups in total. The van der Waals surface area contributed by atoms with Crippen LogP contribution in [0.25, 0.3) is 0 Å². The summed E-state index contributed by atoms with van der Waals surface area (Å²) in [5.74, 6) is 0.115. The summed E-state index contributed by atoms with van der Waals surface area (Å²) in [5.41, 5.74) is 1.85. The van der Waals surface area contributed by atoms with Gasteiger partial charge >= 0.3 is 0 Å². The van der Waals surface area contributed by atoms with Crippen molar-refractivity contribution in [3.05, 3.63) is 66.2 Å². The molecule has 0 fully saturated rings. The lowest BCUT2D eigenvalue weighted by atomic mass is 10.2. The standard InChI is InChI=1S/C19H24N2O/c1-2-3-15-21(19(22)17-10-6-4-7-11-17)16-14-20-18-12-8-5-9-13-18/h4-13,20H,2-3,14-16H2,1H3. The summed E-state index contributed by atoms with van der Waals surface area (Å²) in [6.07, 6.45) is 2.12. The van der Waals surface area contributed by atoms with E-state index < -0.39 is 0 Å². The minimum Gasteiger partial charge on any atom is -0.383 e. The van der Waals surface area contributed by atoms with Gasteiger partial charge in [-0.3, -0.25) is 4.79 Å². The van der Waals surface area contributed by atoms with Crippen molar-refractivity contribution >= 4 is 11.6 Å². The first-order chi connectivity index (χ1) is 10.8. The molecule has 2 aromatic rings. The summed E-state index contributed by atoms with van der Waals surface area (Å²) in [5, 5.41) is 3.36. The third kappa shape index (κ3) is 4.92. The fraction of sp³-hybridized carbons (Fsp3) is 0.316. The zero-order chi connectivity index (χ0) is 15.6. The van der Waals surface area contributed by atoms with Gasteiger partial charge in [0.1, 0.15) is 0 Å². The maximum atomic E-state index is 12.6. The molecule has 0 bridgehead atoms. The van der Waals surface area contributed by atoms with E-state index in [0.717, 1.165) is 37.2 Å². The SMILES string of the molecule is CCCCN(CCNc1ccccc1)C(=O)c1ccccc1. The number of amides is 1. The Hall–Kier alpha value is -2.29. The smallest absolute Gasteiger partial charge is 0.253 e. The van der Waals surface area contributed by atoms with Crippen LogP contribution in [0, 0.1) is 0 Å². The van der Waals surface area contributed by atoms with Crippen molar-refractivity contribution in [3.63, 3.8) is 0 Å². The van der Waals surface area contributed by atoms with E-state index in [0.29, 0.717) is 6.54 Å². The molecule has 116 valence electrons. The topological polar surface area (TPSA) is 32.3 Å². The molecule has 0 saturated heterocycles. The fourth-order valence-corrected chi connectivity index (χ4v) is 2.32. The van der Waals surface area contributed by atoms with Gasteiger partial charge in [0.2, 0.25) is 0 Å². The molecule has 3 heteroatoms. The van der Waals surface area contributed by atoms with Crippen molar-refractivity contribution in [3.8, 4) is 0 Å². The number of hydrogen-bond acceptors (Lipinski definition) is 2. The van der Waals surface area contributed by atoms with E-state index in [1.54, 1.807) is 0 Å². The van der Waals surface area contributed by atoms with Crippen molar-refractivity contribution in [2.45, 2.75) is 19.8 Å². The van der Waals surface area contributed by atoms with E-state index >= 15 is 0 Å². The monoisotopic (exact) mass is 296 g/mol. The summed E-state index contributed by atoms with van der Waals surface area (Å²) in [6, 6.07) is 19.6. The van der Waals surface area contributed by atoms with Crippen molar-refractivity contribution in [2.24, 2.45) is 0 Å². The lowest BCUT2D eigenvalue weighted by molar-refractivity contribution is 0.0760. The first-order valence-corrected chi connectivity index (χ1v) is 7.94. The lowest BCUT2D eigenvalue weighted by Crippen LogP contribution is -2.35. The minimum atomic E-state index is 0.115. The van der Waals surface area contributed by atoms with Crippen LogP contribution < -0.4 is 5.32 Å². The molecule has 0 unspecified atom stereocenters.